The summed E-state index contributed by atoms with van der Waals surface area (Å²) in [6.07, 6.45) is 9.33. The molecule has 2 aromatic rings. The van der Waals surface area contributed by atoms with Crippen LogP contribution in [0.25, 0.3) is 11.1 Å². The van der Waals surface area contributed by atoms with Gasteiger partial charge in [0, 0.05) is 11.1 Å². The van der Waals surface area contributed by atoms with E-state index in [-0.39, 0.29) is 11.6 Å². The van der Waals surface area contributed by atoms with Gasteiger partial charge in [0.15, 0.2) is 0 Å². The first-order valence-electron chi connectivity index (χ1n) is 9.81. The third-order valence-corrected chi connectivity index (χ3v) is 5.85. The Hall–Kier alpha value is -1.96. The fourth-order valence-corrected chi connectivity index (χ4v) is 4.11. The van der Waals surface area contributed by atoms with E-state index in [4.69, 9.17) is 0 Å². The van der Waals surface area contributed by atoms with Crippen LogP contribution in [0.4, 0.5) is 8.78 Å². The van der Waals surface area contributed by atoms with Gasteiger partial charge in [-0.05, 0) is 73.6 Å². The Morgan fingerprint density at radius 1 is 0.962 bits per heavy atom. The third-order valence-electron chi connectivity index (χ3n) is 5.85. The fraction of sp³-hybridized carbons (Fsp3) is 0.417. The molecule has 0 bridgehead atoms. The number of allylic oxidation sites excluding steroid dienone is 1. The zero-order chi connectivity index (χ0) is 18.5. The van der Waals surface area contributed by atoms with Gasteiger partial charge in [-0.15, -0.1) is 6.58 Å². The zero-order valence-electron chi connectivity index (χ0n) is 15.6. The largest absolute Gasteiger partial charge is 0.206 e. The molecule has 26 heavy (non-hydrogen) atoms. The topological polar surface area (TPSA) is 0 Å². The van der Waals surface area contributed by atoms with Gasteiger partial charge in [0.2, 0.25) is 0 Å². The zero-order valence-corrected chi connectivity index (χ0v) is 15.6. The lowest BCUT2D eigenvalue weighted by atomic mass is 9.77. The van der Waals surface area contributed by atoms with Crippen LogP contribution < -0.4 is 0 Å². The highest BCUT2D eigenvalue weighted by Crippen LogP contribution is 2.38. The van der Waals surface area contributed by atoms with E-state index in [1.54, 1.807) is 18.2 Å². The monoisotopic (exact) mass is 354 g/mol. The van der Waals surface area contributed by atoms with E-state index in [0.717, 1.165) is 42.7 Å². The van der Waals surface area contributed by atoms with Crippen LogP contribution in [0.2, 0.25) is 0 Å². The van der Waals surface area contributed by atoms with E-state index >= 15 is 0 Å². The first-order valence-corrected chi connectivity index (χ1v) is 9.81. The molecular formula is C24H28F2. The number of aryl methyl sites for hydroxylation is 1. The normalized spacial score (nSPS) is 20.1. The Kier molecular flexibility index (Phi) is 6.24. The van der Waals surface area contributed by atoms with Crippen molar-refractivity contribution in [2.24, 2.45) is 5.92 Å². The van der Waals surface area contributed by atoms with Crippen molar-refractivity contribution in [3.05, 3.63) is 71.8 Å². The minimum Gasteiger partial charge on any atom is -0.206 e. The maximum absolute atomic E-state index is 14.7. The first kappa shape index (κ1) is 18.8. The van der Waals surface area contributed by atoms with E-state index < -0.39 is 0 Å². The summed E-state index contributed by atoms with van der Waals surface area (Å²) < 4.78 is 29.2. The summed E-state index contributed by atoms with van der Waals surface area (Å²) in [5.74, 6) is 0.580. The summed E-state index contributed by atoms with van der Waals surface area (Å²) in [5.41, 5.74) is 2.66. The molecule has 0 amide bonds. The molecule has 0 saturated heterocycles. The molecule has 0 aliphatic heterocycles. The summed E-state index contributed by atoms with van der Waals surface area (Å²) in [5, 5.41) is 0. The molecule has 1 saturated carbocycles. The van der Waals surface area contributed by atoms with Crippen molar-refractivity contribution in [1.82, 2.24) is 0 Å². The number of halogens is 2. The van der Waals surface area contributed by atoms with Crippen molar-refractivity contribution in [1.29, 1.82) is 0 Å². The summed E-state index contributed by atoms with van der Waals surface area (Å²) in [6, 6.07) is 10.4. The van der Waals surface area contributed by atoms with Crippen molar-refractivity contribution in [2.45, 2.75) is 57.8 Å². The summed E-state index contributed by atoms with van der Waals surface area (Å²) >= 11 is 0. The van der Waals surface area contributed by atoms with Crippen LogP contribution in [0.1, 0.15) is 62.5 Å². The van der Waals surface area contributed by atoms with Gasteiger partial charge in [0.05, 0.1) is 0 Å². The Labute approximate surface area is 156 Å². The van der Waals surface area contributed by atoms with Crippen LogP contribution in [0.3, 0.4) is 0 Å². The lowest BCUT2D eigenvalue weighted by Crippen LogP contribution is -2.12. The number of hydrogen-bond acceptors (Lipinski definition) is 0. The van der Waals surface area contributed by atoms with E-state index in [0.29, 0.717) is 17.0 Å². The van der Waals surface area contributed by atoms with Crippen LogP contribution in [0.15, 0.2) is 49.1 Å². The second-order valence-corrected chi connectivity index (χ2v) is 7.51. The van der Waals surface area contributed by atoms with E-state index in [1.165, 1.54) is 25.3 Å². The average molecular weight is 354 g/mol. The Morgan fingerprint density at radius 3 is 2.19 bits per heavy atom. The first-order chi connectivity index (χ1) is 12.6. The molecule has 1 aliphatic rings. The maximum Gasteiger partial charge on any atom is 0.131 e. The fourth-order valence-electron chi connectivity index (χ4n) is 4.11. The molecule has 3 rings (SSSR count). The Balaban J connectivity index is 1.78. The van der Waals surface area contributed by atoms with Gasteiger partial charge in [0.1, 0.15) is 11.6 Å². The molecule has 0 spiro atoms. The molecular weight excluding hydrogens is 326 g/mol. The molecule has 0 heterocycles. The summed E-state index contributed by atoms with van der Waals surface area (Å²) in [4.78, 5) is 0. The van der Waals surface area contributed by atoms with Crippen molar-refractivity contribution in [3.63, 3.8) is 0 Å². The second kappa shape index (κ2) is 8.62. The molecule has 0 radical (unpaired) electrons. The highest BCUT2D eigenvalue weighted by molar-refractivity contribution is 5.65. The summed E-state index contributed by atoms with van der Waals surface area (Å²) in [7, 11) is 0. The number of hydrogen-bond donors (Lipinski definition) is 0. The quantitative estimate of drug-likeness (QED) is 0.473. The molecule has 2 heteroatoms. The van der Waals surface area contributed by atoms with Gasteiger partial charge in [-0.25, -0.2) is 8.78 Å². The third kappa shape index (κ3) is 4.23. The SMILES string of the molecule is C=CCCc1ccc(-c2ccc(C3CCC(CC)CC3)cc2F)c(F)c1. The molecule has 138 valence electrons. The Morgan fingerprint density at radius 2 is 1.62 bits per heavy atom. The number of benzene rings is 2. The lowest BCUT2D eigenvalue weighted by Gasteiger charge is -2.28. The van der Waals surface area contributed by atoms with E-state index in [9.17, 15) is 8.78 Å². The average Bonchev–Trinajstić information content (AvgIpc) is 2.67. The highest BCUT2D eigenvalue weighted by Gasteiger charge is 2.22. The van der Waals surface area contributed by atoms with Crippen LogP contribution >= 0.6 is 0 Å². The van der Waals surface area contributed by atoms with Crippen molar-refractivity contribution >= 4 is 0 Å². The standard InChI is InChI=1S/C24H28F2/c1-3-5-6-18-9-13-21(23(25)15-18)22-14-12-20(16-24(22)26)19-10-7-17(4-2)8-11-19/h3,9,12-17,19H,1,4-8,10-11H2,2H3. The van der Waals surface area contributed by atoms with Crippen LogP contribution in [0, 0.1) is 17.6 Å². The molecule has 0 atom stereocenters. The minimum atomic E-state index is -0.360. The lowest BCUT2D eigenvalue weighted by molar-refractivity contribution is 0.318. The van der Waals surface area contributed by atoms with Gasteiger partial charge in [-0.1, -0.05) is 43.7 Å². The predicted octanol–water partition coefficient (Wildman–Crippen LogP) is 7.43. The molecule has 1 fully saturated rings. The molecule has 0 N–H and O–H groups in total. The van der Waals surface area contributed by atoms with Crippen molar-refractivity contribution in [3.8, 4) is 11.1 Å². The van der Waals surface area contributed by atoms with Gasteiger partial charge in [-0.3, -0.25) is 0 Å². The molecule has 2 aromatic carbocycles. The van der Waals surface area contributed by atoms with E-state index in [1.807, 2.05) is 18.2 Å². The van der Waals surface area contributed by atoms with Crippen molar-refractivity contribution < 1.29 is 8.78 Å². The van der Waals surface area contributed by atoms with E-state index in [2.05, 4.69) is 13.5 Å². The minimum absolute atomic E-state index is 0.321. The molecule has 0 aromatic heterocycles. The second-order valence-electron chi connectivity index (χ2n) is 7.51. The molecule has 1 aliphatic carbocycles. The smallest absolute Gasteiger partial charge is 0.131 e. The molecule has 0 unspecified atom stereocenters. The highest BCUT2D eigenvalue weighted by atomic mass is 19.1. The number of rotatable bonds is 6. The van der Waals surface area contributed by atoms with Gasteiger partial charge in [0.25, 0.3) is 0 Å². The van der Waals surface area contributed by atoms with Crippen molar-refractivity contribution in [2.75, 3.05) is 0 Å². The van der Waals surface area contributed by atoms with Gasteiger partial charge >= 0.3 is 0 Å². The summed E-state index contributed by atoms with van der Waals surface area (Å²) in [6.45, 7) is 5.93. The van der Waals surface area contributed by atoms with Crippen LogP contribution in [-0.4, -0.2) is 0 Å². The Bertz CT molecular complexity index is 755. The van der Waals surface area contributed by atoms with Gasteiger partial charge in [-0.2, -0.15) is 0 Å². The molecule has 0 nitrogen and oxygen atoms in total. The van der Waals surface area contributed by atoms with Crippen LogP contribution in [0.5, 0.6) is 0 Å². The van der Waals surface area contributed by atoms with Crippen LogP contribution in [-0.2, 0) is 6.42 Å². The predicted molar refractivity (Wildman–Crippen MR) is 105 cm³/mol. The van der Waals surface area contributed by atoms with Gasteiger partial charge < -0.3 is 0 Å². The maximum atomic E-state index is 14.7.